The van der Waals surface area contributed by atoms with E-state index in [9.17, 15) is 0 Å². The summed E-state index contributed by atoms with van der Waals surface area (Å²) in [5.41, 5.74) is 2.01. The fraction of sp³-hybridized carbons (Fsp3) is 0.111. The SMILES string of the molecule is [SiH3]OCC(C#Cc1ccccc1)C#Cc1ccccc1. The second-order valence-electron chi connectivity index (χ2n) is 4.28. The van der Waals surface area contributed by atoms with Crippen molar-refractivity contribution in [1.82, 2.24) is 0 Å². The Morgan fingerprint density at radius 1 is 0.800 bits per heavy atom. The molecule has 0 N–H and O–H groups in total. The first-order valence-electron chi connectivity index (χ1n) is 6.50. The van der Waals surface area contributed by atoms with Crippen molar-refractivity contribution in [2.75, 3.05) is 6.61 Å². The summed E-state index contributed by atoms with van der Waals surface area (Å²) in [5.74, 6) is 12.6. The van der Waals surface area contributed by atoms with Gasteiger partial charge in [0.05, 0.1) is 6.61 Å². The normalized spacial score (nSPS) is 9.45. The summed E-state index contributed by atoms with van der Waals surface area (Å²) in [6.45, 7) is 0.575. The van der Waals surface area contributed by atoms with Crippen LogP contribution in [-0.2, 0) is 4.43 Å². The molecule has 0 bridgehead atoms. The zero-order chi connectivity index (χ0) is 14.0. The summed E-state index contributed by atoms with van der Waals surface area (Å²) >= 11 is 0. The summed E-state index contributed by atoms with van der Waals surface area (Å²) < 4.78 is 5.31. The highest BCUT2D eigenvalue weighted by Crippen LogP contribution is 2.00. The number of benzene rings is 2. The summed E-state index contributed by atoms with van der Waals surface area (Å²) in [6, 6.07) is 19.9. The Hall–Kier alpha value is -2.26. The molecule has 1 nitrogen and oxygen atoms in total. The standard InChI is InChI=1S/C18H16OSi/c20-19-15-18(13-11-16-7-3-1-4-8-16)14-12-17-9-5-2-6-10-17/h1-10,18H,15H2,20H3. The smallest absolute Gasteiger partial charge is 0.146 e. The molecule has 2 rings (SSSR count). The van der Waals surface area contributed by atoms with E-state index >= 15 is 0 Å². The Morgan fingerprint density at radius 3 is 1.65 bits per heavy atom. The van der Waals surface area contributed by atoms with Crippen LogP contribution in [0.25, 0.3) is 0 Å². The van der Waals surface area contributed by atoms with Gasteiger partial charge in [-0.1, -0.05) is 60.1 Å². The second kappa shape index (κ2) is 8.02. The monoisotopic (exact) mass is 276 g/mol. The van der Waals surface area contributed by atoms with Crippen LogP contribution in [0.15, 0.2) is 60.7 Å². The van der Waals surface area contributed by atoms with Gasteiger partial charge in [0.15, 0.2) is 0 Å². The molecule has 2 aromatic rings. The summed E-state index contributed by atoms with van der Waals surface area (Å²) in [5, 5.41) is 0. The Labute approximate surface area is 123 Å². The predicted molar refractivity (Wildman–Crippen MR) is 86.0 cm³/mol. The van der Waals surface area contributed by atoms with Crippen LogP contribution in [0.4, 0.5) is 0 Å². The molecule has 0 atom stereocenters. The molecule has 2 heteroatoms. The Morgan fingerprint density at radius 2 is 1.25 bits per heavy atom. The van der Waals surface area contributed by atoms with Gasteiger partial charge >= 0.3 is 0 Å². The lowest BCUT2D eigenvalue weighted by atomic mass is 10.1. The molecule has 2 aromatic carbocycles. The fourth-order valence-corrected chi connectivity index (χ4v) is 2.00. The maximum atomic E-state index is 5.31. The summed E-state index contributed by atoms with van der Waals surface area (Å²) in [4.78, 5) is 0. The van der Waals surface area contributed by atoms with E-state index in [1.165, 1.54) is 0 Å². The lowest BCUT2D eigenvalue weighted by Crippen LogP contribution is -2.03. The van der Waals surface area contributed by atoms with E-state index in [0.29, 0.717) is 17.1 Å². The maximum absolute atomic E-state index is 5.31. The molecule has 0 heterocycles. The second-order valence-corrected chi connectivity index (χ2v) is 4.86. The van der Waals surface area contributed by atoms with Crippen molar-refractivity contribution in [3.8, 4) is 23.7 Å². The molecule has 0 aliphatic heterocycles. The van der Waals surface area contributed by atoms with Crippen molar-refractivity contribution in [2.45, 2.75) is 0 Å². The molecule has 0 saturated heterocycles. The number of rotatable bonds is 2. The van der Waals surface area contributed by atoms with E-state index in [1.54, 1.807) is 0 Å². The molecule has 0 aliphatic carbocycles. The first kappa shape index (κ1) is 14.2. The van der Waals surface area contributed by atoms with Crippen molar-refractivity contribution in [3.63, 3.8) is 0 Å². The van der Waals surface area contributed by atoms with Gasteiger partial charge in [-0.15, -0.1) is 0 Å². The van der Waals surface area contributed by atoms with Crippen LogP contribution in [-0.4, -0.2) is 17.1 Å². The zero-order valence-electron chi connectivity index (χ0n) is 11.5. The van der Waals surface area contributed by atoms with Crippen LogP contribution in [0.2, 0.25) is 0 Å². The summed E-state index contributed by atoms with van der Waals surface area (Å²) in [7, 11) is 0.706. The Kier molecular flexibility index (Phi) is 5.67. The quantitative estimate of drug-likeness (QED) is 0.602. The van der Waals surface area contributed by atoms with Crippen molar-refractivity contribution < 1.29 is 4.43 Å². The van der Waals surface area contributed by atoms with Gasteiger partial charge in [0.1, 0.15) is 16.4 Å². The minimum atomic E-state index is -0.0482. The molecule has 98 valence electrons. The van der Waals surface area contributed by atoms with Crippen molar-refractivity contribution in [2.24, 2.45) is 5.92 Å². The van der Waals surface area contributed by atoms with Crippen molar-refractivity contribution in [1.29, 1.82) is 0 Å². The van der Waals surface area contributed by atoms with Gasteiger partial charge in [0.2, 0.25) is 0 Å². The molecule has 0 fully saturated rings. The number of hydrogen-bond donors (Lipinski definition) is 0. The minimum absolute atomic E-state index is 0.0482. The maximum Gasteiger partial charge on any atom is 0.146 e. The van der Waals surface area contributed by atoms with E-state index in [1.807, 2.05) is 60.7 Å². The van der Waals surface area contributed by atoms with Gasteiger partial charge in [-0.25, -0.2) is 0 Å². The van der Waals surface area contributed by atoms with Crippen molar-refractivity contribution >= 4 is 10.5 Å². The fourth-order valence-electron chi connectivity index (χ4n) is 1.67. The van der Waals surface area contributed by atoms with E-state index in [4.69, 9.17) is 4.43 Å². The van der Waals surface area contributed by atoms with Gasteiger partial charge in [-0.05, 0) is 24.3 Å². The highest BCUT2D eigenvalue weighted by molar-refractivity contribution is 5.97. The van der Waals surface area contributed by atoms with E-state index in [0.717, 1.165) is 11.1 Å². The van der Waals surface area contributed by atoms with Crippen LogP contribution in [0.1, 0.15) is 11.1 Å². The zero-order valence-corrected chi connectivity index (χ0v) is 13.5. The molecule has 20 heavy (non-hydrogen) atoms. The van der Waals surface area contributed by atoms with Gasteiger partial charge in [-0.3, -0.25) is 0 Å². The Bertz CT molecular complexity index is 584. The Balaban J connectivity index is 2.13. The van der Waals surface area contributed by atoms with Crippen molar-refractivity contribution in [3.05, 3.63) is 71.8 Å². The molecule has 0 amide bonds. The average Bonchev–Trinajstić information content (AvgIpc) is 2.52. The molecular formula is C18H16OSi. The van der Waals surface area contributed by atoms with Gasteiger partial charge in [0, 0.05) is 11.1 Å². The van der Waals surface area contributed by atoms with Gasteiger partial charge in [-0.2, -0.15) is 0 Å². The third-order valence-corrected chi connectivity index (χ3v) is 3.00. The van der Waals surface area contributed by atoms with E-state index in [2.05, 4.69) is 23.7 Å². The first-order valence-corrected chi connectivity index (χ1v) is 7.32. The van der Waals surface area contributed by atoms with Crippen LogP contribution in [0.3, 0.4) is 0 Å². The number of hydrogen-bond acceptors (Lipinski definition) is 1. The molecular weight excluding hydrogens is 260 g/mol. The average molecular weight is 276 g/mol. The molecule has 0 saturated carbocycles. The molecule has 0 aliphatic rings. The van der Waals surface area contributed by atoms with Gasteiger partial charge in [0.25, 0.3) is 0 Å². The molecule has 0 aromatic heterocycles. The molecule has 0 radical (unpaired) electrons. The minimum Gasteiger partial charge on any atom is -0.426 e. The third-order valence-electron chi connectivity index (χ3n) is 2.66. The lowest BCUT2D eigenvalue weighted by molar-refractivity contribution is 0.334. The van der Waals surface area contributed by atoms with E-state index < -0.39 is 0 Å². The lowest BCUT2D eigenvalue weighted by Gasteiger charge is -2.00. The van der Waals surface area contributed by atoms with Crippen LogP contribution in [0, 0.1) is 29.6 Å². The molecule has 0 unspecified atom stereocenters. The summed E-state index contributed by atoms with van der Waals surface area (Å²) in [6.07, 6.45) is 0. The van der Waals surface area contributed by atoms with Crippen LogP contribution in [0.5, 0.6) is 0 Å². The third kappa shape index (κ3) is 4.78. The van der Waals surface area contributed by atoms with Crippen LogP contribution < -0.4 is 0 Å². The van der Waals surface area contributed by atoms with Gasteiger partial charge < -0.3 is 4.43 Å². The predicted octanol–water partition coefficient (Wildman–Crippen LogP) is 2.00. The topological polar surface area (TPSA) is 9.23 Å². The van der Waals surface area contributed by atoms with E-state index in [-0.39, 0.29) is 5.92 Å². The highest BCUT2D eigenvalue weighted by Gasteiger charge is 1.98. The molecule has 0 spiro atoms. The highest BCUT2D eigenvalue weighted by atomic mass is 28.2. The first-order chi connectivity index (χ1) is 9.88. The van der Waals surface area contributed by atoms with Crippen LogP contribution >= 0.6 is 0 Å². The largest absolute Gasteiger partial charge is 0.426 e.